The number of H-pyrrole nitrogens is 1. The van der Waals surface area contributed by atoms with Crippen LogP contribution in [-0.2, 0) is 6.42 Å². The minimum atomic E-state index is 0.654. The molecule has 0 fully saturated rings. The summed E-state index contributed by atoms with van der Waals surface area (Å²) in [5.74, 6) is 1.64. The lowest BCUT2D eigenvalue weighted by atomic mass is 10.1. The molecule has 4 heteroatoms. The number of rotatable bonds is 3. The second kappa shape index (κ2) is 4.04. The molecule has 0 spiro atoms. The molecule has 0 unspecified atom stereocenters. The summed E-state index contributed by atoms with van der Waals surface area (Å²) < 4.78 is 5.09. The lowest BCUT2D eigenvalue weighted by Gasteiger charge is -2.05. The SMILES string of the molecule is COc1ccc(Cc2ncc[nH]2)cc1N. The normalized spacial score (nSPS) is 10.2. The summed E-state index contributed by atoms with van der Waals surface area (Å²) in [5.41, 5.74) is 7.57. The number of hydrogen-bond acceptors (Lipinski definition) is 3. The topological polar surface area (TPSA) is 63.9 Å². The van der Waals surface area contributed by atoms with Crippen molar-refractivity contribution < 1.29 is 4.74 Å². The van der Waals surface area contributed by atoms with E-state index < -0.39 is 0 Å². The molecule has 3 N–H and O–H groups in total. The molecule has 2 rings (SSSR count). The van der Waals surface area contributed by atoms with Crippen molar-refractivity contribution in [3.8, 4) is 5.75 Å². The van der Waals surface area contributed by atoms with Crippen LogP contribution >= 0.6 is 0 Å². The van der Waals surface area contributed by atoms with E-state index in [2.05, 4.69) is 9.97 Å². The summed E-state index contributed by atoms with van der Waals surface area (Å²) in [5, 5.41) is 0. The molecule has 0 aliphatic carbocycles. The van der Waals surface area contributed by atoms with Crippen LogP contribution in [-0.4, -0.2) is 17.1 Å². The third-order valence-corrected chi connectivity index (χ3v) is 2.22. The van der Waals surface area contributed by atoms with Crippen LogP contribution in [0.5, 0.6) is 5.75 Å². The molecule has 78 valence electrons. The van der Waals surface area contributed by atoms with Gasteiger partial charge in [-0.2, -0.15) is 0 Å². The maximum absolute atomic E-state index is 5.81. The number of nitrogen functional groups attached to an aromatic ring is 1. The number of aromatic amines is 1. The molecule has 1 heterocycles. The molecule has 0 aliphatic rings. The van der Waals surface area contributed by atoms with Gasteiger partial charge in [0.1, 0.15) is 11.6 Å². The maximum Gasteiger partial charge on any atom is 0.141 e. The standard InChI is InChI=1S/C11H13N3O/c1-15-10-3-2-8(6-9(10)12)7-11-13-4-5-14-11/h2-6H,7,12H2,1H3,(H,13,14). The van der Waals surface area contributed by atoms with Crippen LogP contribution in [0.1, 0.15) is 11.4 Å². The van der Waals surface area contributed by atoms with Gasteiger partial charge in [-0.05, 0) is 17.7 Å². The summed E-state index contributed by atoms with van der Waals surface area (Å²) in [6.07, 6.45) is 4.30. The van der Waals surface area contributed by atoms with E-state index in [1.54, 1.807) is 13.3 Å². The Bertz CT molecular complexity index is 437. The highest BCUT2D eigenvalue weighted by molar-refractivity contribution is 5.54. The van der Waals surface area contributed by atoms with E-state index in [4.69, 9.17) is 10.5 Å². The van der Waals surface area contributed by atoms with Crippen molar-refractivity contribution >= 4 is 5.69 Å². The Morgan fingerprint density at radius 1 is 1.47 bits per heavy atom. The minimum Gasteiger partial charge on any atom is -0.495 e. The van der Waals surface area contributed by atoms with Crippen LogP contribution in [0.2, 0.25) is 0 Å². The molecule has 0 saturated heterocycles. The van der Waals surface area contributed by atoms with Crippen molar-refractivity contribution in [3.05, 3.63) is 42.0 Å². The van der Waals surface area contributed by atoms with E-state index in [-0.39, 0.29) is 0 Å². The van der Waals surface area contributed by atoms with Gasteiger partial charge in [0, 0.05) is 18.8 Å². The van der Waals surface area contributed by atoms with Crippen molar-refractivity contribution in [3.63, 3.8) is 0 Å². The summed E-state index contributed by atoms with van der Waals surface area (Å²) in [7, 11) is 1.61. The zero-order chi connectivity index (χ0) is 10.7. The van der Waals surface area contributed by atoms with Gasteiger partial charge in [-0.15, -0.1) is 0 Å². The highest BCUT2D eigenvalue weighted by atomic mass is 16.5. The van der Waals surface area contributed by atoms with Crippen molar-refractivity contribution in [1.29, 1.82) is 0 Å². The number of nitrogens with zero attached hydrogens (tertiary/aromatic N) is 1. The summed E-state index contributed by atoms with van der Waals surface area (Å²) in [6.45, 7) is 0. The van der Waals surface area contributed by atoms with Gasteiger partial charge in [0.05, 0.1) is 12.8 Å². The van der Waals surface area contributed by atoms with Crippen molar-refractivity contribution in [2.45, 2.75) is 6.42 Å². The van der Waals surface area contributed by atoms with Gasteiger partial charge in [0.2, 0.25) is 0 Å². The summed E-state index contributed by atoms with van der Waals surface area (Å²) in [4.78, 5) is 7.21. The first-order valence-electron chi connectivity index (χ1n) is 4.70. The zero-order valence-corrected chi connectivity index (χ0v) is 8.53. The lowest BCUT2D eigenvalue weighted by molar-refractivity contribution is 0.417. The second-order valence-corrected chi connectivity index (χ2v) is 3.29. The largest absolute Gasteiger partial charge is 0.495 e. The number of benzene rings is 1. The quantitative estimate of drug-likeness (QED) is 0.744. The number of anilines is 1. The van der Waals surface area contributed by atoms with Gasteiger partial charge in [0.25, 0.3) is 0 Å². The predicted molar refractivity (Wildman–Crippen MR) is 58.8 cm³/mol. The monoisotopic (exact) mass is 203 g/mol. The van der Waals surface area contributed by atoms with Gasteiger partial charge in [-0.3, -0.25) is 0 Å². The smallest absolute Gasteiger partial charge is 0.141 e. The third kappa shape index (κ3) is 2.10. The molecular weight excluding hydrogens is 190 g/mol. The van der Waals surface area contributed by atoms with Crippen LogP contribution < -0.4 is 10.5 Å². The number of imidazole rings is 1. The van der Waals surface area contributed by atoms with Gasteiger partial charge >= 0.3 is 0 Å². The Balaban J connectivity index is 2.20. The summed E-state index contributed by atoms with van der Waals surface area (Å²) >= 11 is 0. The Morgan fingerprint density at radius 2 is 2.33 bits per heavy atom. The first-order valence-corrected chi connectivity index (χ1v) is 4.70. The van der Waals surface area contributed by atoms with Crippen LogP contribution in [0, 0.1) is 0 Å². The average molecular weight is 203 g/mol. The molecular formula is C11H13N3O. The molecule has 0 bridgehead atoms. The highest BCUT2D eigenvalue weighted by Crippen LogP contribution is 2.22. The number of nitrogens with two attached hydrogens (primary N) is 1. The molecule has 0 amide bonds. The first-order chi connectivity index (χ1) is 7.29. The molecule has 0 atom stereocenters. The fourth-order valence-electron chi connectivity index (χ4n) is 1.48. The van der Waals surface area contributed by atoms with E-state index in [9.17, 15) is 0 Å². The minimum absolute atomic E-state index is 0.654. The molecule has 4 nitrogen and oxygen atoms in total. The van der Waals surface area contributed by atoms with E-state index >= 15 is 0 Å². The Morgan fingerprint density at radius 3 is 2.93 bits per heavy atom. The molecule has 0 radical (unpaired) electrons. The molecule has 1 aromatic heterocycles. The molecule has 1 aromatic carbocycles. The highest BCUT2D eigenvalue weighted by Gasteiger charge is 2.02. The van der Waals surface area contributed by atoms with Crippen LogP contribution in [0.15, 0.2) is 30.6 Å². The average Bonchev–Trinajstić information content (AvgIpc) is 2.71. The van der Waals surface area contributed by atoms with E-state index in [0.717, 1.165) is 17.8 Å². The number of nitrogens with one attached hydrogen (secondary N) is 1. The molecule has 0 saturated carbocycles. The summed E-state index contributed by atoms with van der Waals surface area (Å²) in [6, 6.07) is 5.76. The lowest BCUT2D eigenvalue weighted by Crippen LogP contribution is -1.96. The van der Waals surface area contributed by atoms with Crippen LogP contribution in [0.4, 0.5) is 5.69 Å². The number of methoxy groups -OCH3 is 1. The van der Waals surface area contributed by atoms with Gasteiger partial charge in [-0.1, -0.05) is 6.07 Å². The van der Waals surface area contributed by atoms with E-state index in [1.807, 2.05) is 24.4 Å². The number of ether oxygens (including phenoxy) is 1. The molecule has 15 heavy (non-hydrogen) atoms. The van der Waals surface area contributed by atoms with Gasteiger partial charge in [-0.25, -0.2) is 4.98 Å². The fourth-order valence-corrected chi connectivity index (χ4v) is 1.48. The predicted octanol–water partition coefficient (Wildman–Crippen LogP) is 1.59. The van der Waals surface area contributed by atoms with Crippen LogP contribution in [0.3, 0.4) is 0 Å². The maximum atomic E-state index is 5.81. The van der Waals surface area contributed by atoms with Gasteiger partial charge < -0.3 is 15.5 Å². The van der Waals surface area contributed by atoms with Crippen molar-refractivity contribution in [1.82, 2.24) is 9.97 Å². The van der Waals surface area contributed by atoms with E-state index in [0.29, 0.717) is 11.4 Å². The fraction of sp³-hybridized carbons (Fsp3) is 0.182. The first kappa shape index (κ1) is 9.58. The Kier molecular flexibility index (Phi) is 2.58. The number of aromatic nitrogens is 2. The van der Waals surface area contributed by atoms with E-state index in [1.165, 1.54) is 0 Å². The van der Waals surface area contributed by atoms with Crippen LogP contribution in [0.25, 0.3) is 0 Å². The Hall–Kier alpha value is -1.97. The number of hydrogen-bond donors (Lipinski definition) is 2. The second-order valence-electron chi connectivity index (χ2n) is 3.29. The Labute approximate surface area is 88.1 Å². The van der Waals surface area contributed by atoms with Crippen molar-refractivity contribution in [2.24, 2.45) is 0 Å². The molecule has 0 aliphatic heterocycles. The van der Waals surface area contributed by atoms with Gasteiger partial charge in [0.15, 0.2) is 0 Å². The zero-order valence-electron chi connectivity index (χ0n) is 8.53. The van der Waals surface area contributed by atoms with Crippen molar-refractivity contribution in [2.75, 3.05) is 12.8 Å². The third-order valence-electron chi connectivity index (χ3n) is 2.22. The molecule has 2 aromatic rings.